The standard InChI is InChI=1S/C22H42N2/c1-20(2)16-14-12-10-8-6-5-7-9-11-13-15-17-22-23-18-19-24(22)21(3)4/h18-21H,5-17H2,1-4H3/p+1. The zero-order valence-electron chi connectivity index (χ0n) is 16.9. The third-order valence-electron chi connectivity index (χ3n) is 5.05. The summed E-state index contributed by atoms with van der Waals surface area (Å²) in [6, 6.07) is 0.566. The van der Waals surface area contributed by atoms with Gasteiger partial charge in [0, 0.05) is 6.42 Å². The van der Waals surface area contributed by atoms with Crippen LogP contribution < -0.4 is 4.57 Å². The minimum absolute atomic E-state index is 0.566. The van der Waals surface area contributed by atoms with Crippen LogP contribution in [0, 0.1) is 5.92 Å². The highest BCUT2D eigenvalue weighted by Crippen LogP contribution is 2.14. The van der Waals surface area contributed by atoms with E-state index in [1.54, 1.807) is 0 Å². The van der Waals surface area contributed by atoms with Crippen molar-refractivity contribution >= 4 is 0 Å². The van der Waals surface area contributed by atoms with Crippen LogP contribution in [0.25, 0.3) is 0 Å². The normalized spacial score (nSPS) is 11.8. The first kappa shape index (κ1) is 21.3. The molecule has 1 heterocycles. The molecule has 0 amide bonds. The van der Waals surface area contributed by atoms with Gasteiger partial charge < -0.3 is 0 Å². The number of nitrogens with zero attached hydrogens (tertiary/aromatic N) is 1. The maximum atomic E-state index is 3.40. The van der Waals surface area contributed by atoms with Crippen molar-refractivity contribution in [2.24, 2.45) is 5.92 Å². The molecule has 24 heavy (non-hydrogen) atoms. The number of nitrogens with one attached hydrogen (secondary N) is 1. The van der Waals surface area contributed by atoms with Crippen LogP contribution in [0.5, 0.6) is 0 Å². The molecule has 2 nitrogen and oxygen atoms in total. The number of unbranched alkanes of at least 4 members (excludes halogenated alkanes) is 10. The van der Waals surface area contributed by atoms with Gasteiger partial charge in [0.15, 0.2) is 0 Å². The van der Waals surface area contributed by atoms with Crippen molar-refractivity contribution in [3.63, 3.8) is 0 Å². The lowest BCUT2D eigenvalue weighted by molar-refractivity contribution is -0.721. The molecular weight excluding hydrogens is 292 g/mol. The SMILES string of the molecule is CC(C)CCCCCCCCCCCCCc1[nH]cc[n+]1C(C)C. The van der Waals surface area contributed by atoms with Gasteiger partial charge in [-0.25, -0.2) is 9.55 Å². The molecule has 140 valence electrons. The summed E-state index contributed by atoms with van der Waals surface area (Å²) in [5, 5.41) is 0. The van der Waals surface area contributed by atoms with Crippen LogP contribution in [-0.2, 0) is 6.42 Å². The topological polar surface area (TPSA) is 19.7 Å². The molecule has 0 unspecified atom stereocenters. The van der Waals surface area contributed by atoms with E-state index in [4.69, 9.17) is 0 Å². The van der Waals surface area contributed by atoms with Crippen molar-refractivity contribution < 1.29 is 4.57 Å². The lowest BCUT2D eigenvalue weighted by Crippen LogP contribution is -2.38. The zero-order valence-corrected chi connectivity index (χ0v) is 16.9. The first-order valence-corrected chi connectivity index (χ1v) is 10.7. The van der Waals surface area contributed by atoms with E-state index in [0.717, 1.165) is 5.92 Å². The Morgan fingerprint density at radius 1 is 0.750 bits per heavy atom. The van der Waals surface area contributed by atoms with Gasteiger partial charge in [-0.1, -0.05) is 84.5 Å². The smallest absolute Gasteiger partial charge is 0.248 e. The lowest BCUT2D eigenvalue weighted by atomic mass is 10.0. The van der Waals surface area contributed by atoms with Crippen LogP contribution in [0.2, 0.25) is 0 Å². The Kier molecular flexibility index (Phi) is 12.0. The fourth-order valence-corrected chi connectivity index (χ4v) is 3.50. The molecule has 0 bridgehead atoms. The summed E-state index contributed by atoms with van der Waals surface area (Å²) >= 11 is 0. The number of rotatable bonds is 15. The van der Waals surface area contributed by atoms with Crippen molar-refractivity contribution in [3.8, 4) is 0 Å². The predicted octanol–water partition coefficient (Wildman–Crippen LogP) is 6.76. The Morgan fingerprint density at radius 2 is 1.25 bits per heavy atom. The number of hydrogen-bond donors (Lipinski definition) is 1. The molecule has 0 fully saturated rings. The molecule has 0 saturated heterocycles. The molecule has 1 aromatic heterocycles. The molecule has 1 aromatic rings. The monoisotopic (exact) mass is 335 g/mol. The first-order chi connectivity index (χ1) is 11.6. The third kappa shape index (κ3) is 10.2. The fraction of sp³-hybridized carbons (Fsp3) is 0.864. The van der Waals surface area contributed by atoms with E-state index in [0.29, 0.717) is 6.04 Å². The summed E-state index contributed by atoms with van der Waals surface area (Å²) in [5.74, 6) is 2.28. The number of aryl methyl sites for hydroxylation is 1. The van der Waals surface area contributed by atoms with Gasteiger partial charge in [-0.3, -0.25) is 0 Å². The zero-order chi connectivity index (χ0) is 17.6. The van der Waals surface area contributed by atoms with Crippen molar-refractivity contribution in [3.05, 3.63) is 18.2 Å². The number of aromatic nitrogens is 2. The molecule has 0 aromatic carbocycles. The Labute approximate surface area is 151 Å². The molecule has 0 radical (unpaired) electrons. The van der Waals surface area contributed by atoms with Gasteiger partial charge in [-0.2, -0.15) is 0 Å². The lowest BCUT2D eigenvalue weighted by Gasteiger charge is -2.05. The van der Waals surface area contributed by atoms with Crippen LogP contribution in [0.4, 0.5) is 0 Å². The highest BCUT2D eigenvalue weighted by atomic mass is 15.1. The minimum Gasteiger partial charge on any atom is -0.248 e. The third-order valence-corrected chi connectivity index (χ3v) is 5.05. The molecule has 0 aliphatic rings. The second kappa shape index (κ2) is 13.5. The number of H-pyrrole nitrogens is 1. The van der Waals surface area contributed by atoms with E-state index in [-0.39, 0.29) is 0 Å². The molecule has 0 spiro atoms. The van der Waals surface area contributed by atoms with Gasteiger partial charge in [0.1, 0.15) is 12.4 Å². The molecule has 0 aliphatic carbocycles. The largest absolute Gasteiger partial charge is 0.254 e. The predicted molar refractivity (Wildman–Crippen MR) is 105 cm³/mol. The van der Waals surface area contributed by atoms with Gasteiger partial charge in [-0.05, 0) is 26.2 Å². The Hall–Kier alpha value is -0.790. The highest BCUT2D eigenvalue weighted by Gasteiger charge is 2.12. The Balaban J connectivity index is 1.85. The second-order valence-corrected chi connectivity index (χ2v) is 8.23. The van der Waals surface area contributed by atoms with E-state index < -0.39 is 0 Å². The van der Waals surface area contributed by atoms with Crippen molar-refractivity contribution in [2.75, 3.05) is 0 Å². The Morgan fingerprint density at radius 3 is 1.75 bits per heavy atom. The molecule has 0 saturated carbocycles. The van der Waals surface area contributed by atoms with E-state index in [1.807, 2.05) is 0 Å². The number of hydrogen-bond acceptors (Lipinski definition) is 0. The van der Waals surface area contributed by atoms with E-state index in [2.05, 4.69) is 49.6 Å². The summed E-state index contributed by atoms with van der Waals surface area (Å²) in [6.45, 7) is 9.17. The molecule has 2 heteroatoms. The summed E-state index contributed by atoms with van der Waals surface area (Å²) in [4.78, 5) is 3.40. The maximum absolute atomic E-state index is 3.40. The van der Waals surface area contributed by atoms with Crippen molar-refractivity contribution in [1.82, 2.24) is 4.98 Å². The van der Waals surface area contributed by atoms with Gasteiger partial charge in [-0.15, -0.1) is 0 Å². The van der Waals surface area contributed by atoms with E-state index in [9.17, 15) is 0 Å². The fourth-order valence-electron chi connectivity index (χ4n) is 3.50. The highest BCUT2D eigenvalue weighted by molar-refractivity contribution is 4.78. The Bertz CT molecular complexity index is 392. The summed E-state index contributed by atoms with van der Waals surface area (Å²) < 4.78 is 2.36. The molecule has 0 aliphatic heterocycles. The van der Waals surface area contributed by atoms with Gasteiger partial charge >= 0.3 is 0 Å². The quantitative estimate of drug-likeness (QED) is 0.270. The average molecular weight is 336 g/mol. The van der Waals surface area contributed by atoms with Crippen LogP contribution >= 0.6 is 0 Å². The van der Waals surface area contributed by atoms with Crippen molar-refractivity contribution in [2.45, 2.75) is 117 Å². The van der Waals surface area contributed by atoms with Crippen LogP contribution in [0.3, 0.4) is 0 Å². The average Bonchev–Trinajstić information content (AvgIpc) is 3.00. The first-order valence-electron chi connectivity index (χ1n) is 10.7. The van der Waals surface area contributed by atoms with Crippen LogP contribution in [0.1, 0.15) is 117 Å². The van der Waals surface area contributed by atoms with Crippen LogP contribution in [-0.4, -0.2) is 4.98 Å². The summed E-state index contributed by atoms with van der Waals surface area (Å²) in [7, 11) is 0. The number of aromatic amines is 1. The molecule has 1 rings (SSSR count). The van der Waals surface area contributed by atoms with Gasteiger partial charge in [0.2, 0.25) is 0 Å². The molecular formula is C22H43N2+. The second-order valence-electron chi connectivity index (χ2n) is 8.23. The molecule has 1 N–H and O–H groups in total. The van der Waals surface area contributed by atoms with E-state index in [1.165, 1.54) is 89.3 Å². The summed E-state index contributed by atoms with van der Waals surface area (Å²) in [5.41, 5.74) is 0. The maximum Gasteiger partial charge on any atom is 0.254 e. The van der Waals surface area contributed by atoms with E-state index >= 15 is 0 Å². The minimum atomic E-state index is 0.566. The molecule has 0 atom stereocenters. The van der Waals surface area contributed by atoms with Crippen molar-refractivity contribution in [1.29, 1.82) is 0 Å². The number of imidazole rings is 1. The van der Waals surface area contributed by atoms with Gasteiger partial charge in [0.25, 0.3) is 5.82 Å². The summed E-state index contributed by atoms with van der Waals surface area (Å²) in [6.07, 6.45) is 22.6. The van der Waals surface area contributed by atoms with Crippen LogP contribution in [0.15, 0.2) is 12.4 Å². The van der Waals surface area contributed by atoms with Gasteiger partial charge in [0.05, 0.1) is 6.04 Å².